The summed E-state index contributed by atoms with van der Waals surface area (Å²) < 4.78 is 13.2. The number of aromatic nitrogens is 4. The van der Waals surface area contributed by atoms with Crippen molar-refractivity contribution in [2.75, 3.05) is 5.32 Å². The molecule has 2 rings (SSSR count). The number of carbonyl (C=O) groups is 1. The van der Waals surface area contributed by atoms with Crippen LogP contribution >= 0.6 is 0 Å². The first kappa shape index (κ1) is 11.0. The van der Waals surface area contributed by atoms with Crippen LogP contribution in [0.4, 0.5) is 14.9 Å². The average Bonchev–Trinajstić information content (AvgIpc) is 2.82. The van der Waals surface area contributed by atoms with Gasteiger partial charge in [0, 0.05) is 0 Å². The van der Waals surface area contributed by atoms with Crippen LogP contribution in [0.5, 0.6) is 0 Å². The van der Waals surface area contributed by atoms with Crippen LogP contribution in [0.1, 0.15) is 5.82 Å². The molecule has 1 aromatic carbocycles. The van der Waals surface area contributed by atoms with Gasteiger partial charge in [-0.2, -0.15) is 5.21 Å². The first-order chi connectivity index (χ1) is 8.25. The van der Waals surface area contributed by atoms with E-state index < -0.39 is 11.8 Å². The van der Waals surface area contributed by atoms with Gasteiger partial charge in [0.15, 0.2) is 5.82 Å². The van der Waals surface area contributed by atoms with Gasteiger partial charge >= 0.3 is 6.03 Å². The summed E-state index contributed by atoms with van der Waals surface area (Å²) in [6.45, 7) is 0.108. The fourth-order valence-electron chi connectivity index (χ4n) is 1.15. The van der Waals surface area contributed by atoms with Gasteiger partial charge < -0.3 is 10.6 Å². The summed E-state index contributed by atoms with van der Waals surface area (Å²) in [4.78, 5) is 11.4. The molecule has 0 saturated heterocycles. The fourth-order valence-corrected chi connectivity index (χ4v) is 1.15. The van der Waals surface area contributed by atoms with E-state index in [9.17, 15) is 9.18 Å². The number of hydrogen-bond acceptors (Lipinski definition) is 4. The summed E-state index contributed by atoms with van der Waals surface area (Å²) >= 11 is 0. The standard InChI is InChI=1S/C9H9FN6O/c10-6-3-1-2-4-7(6)12-9(17)11-5-8-13-15-16-14-8/h1-4H,5H2,(H2,11,12,17)(H,13,14,15,16). The number of urea groups is 1. The number of tetrazole rings is 1. The van der Waals surface area contributed by atoms with Crippen LogP contribution in [-0.2, 0) is 6.54 Å². The average molecular weight is 236 g/mol. The van der Waals surface area contributed by atoms with Gasteiger partial charge in [-0.05, 0) is 12.1 Å². The molecular weight excluding hydrogens is 227 g/mol. The van der Waals surface area contributed by atoms with Crippen LogP contribution in [0.15, 0.2) is 24.3 Å². The van der Waals surface area contributed by atoms with Crippen molar-refractivity contribution in [2.24, 2.45) is 0 Å². The molecule has 1 aromatic heterocycles. The zero-order valence-corrected chi connectivity index (χ0v) is 8.64. The highest BCUT2D eigenvalue weighted by Gasteiger charge is 2.06. The van der Waals surface area contributed by atoms with E-state index in [1.54, 1.807) is 6.07 Å². The van der Waals surface area contributed by atoms with E-state index in [0.29, 0.717) is 5.82 Å². The topological polar surface area (TPSA) is 95.6 Å². The van der Waals surface area contributed by atoms with Gasteiger partial charge in [-0.15, -0.1) is 10.2 Å². The largest absolute Gasteiger partial charge is 0.330 e. The van der Waals surface area contributed by atoms with E-state index in [-0.39, 0.29) is 12.2 Å². The zero-order chi connectivity index (χ0) is 12.1. The summed E-state index contributed by atoms with van der Waals surface area (Å²) in [6, 6.07) is 5.34. The van der Waals surface area contributed by atoms with E-state index in [1.807, 2.05) is 0 Å². The molecular formula is C9H9FN6O. The third-order valence-corrected chi connectivity index (χ3v) is 1.92. The Morgan fingerprint density at radius 2 is 2.24 bits per heavy atom. The van der Waals surface area contributed by atoms with Crippen LogP contribution in [0, 0.1) is 5.82 Å². The van der Waals surface area contributed by atoms with Crippen molar-refractivity contribution < 1.29 is 9.18 Å². The smallest absolute Gasteiger partial charge is 0.319 e. The minimum absolute atomic E-state index is 0.108. The Bertz CT molecular complexity index is 500. The lowest BCUT2D eigenvalue weighted by atomic mass is 10.3. The number of nitrogens with zero attached hydrogens (tertiary/aromatic N) is 3. The number of para-hydroxylation sites is 1. The van der Waals surface area contributed by atoms with Crippen LogP contribution in [0.2, 0.25) is 0 Å². The Morgan fingerprint density at radius 3 is 2.94 bits per heavy atom. The van der Waals surface area contributed by atoms with Gasteiger partial charge in [-0.3, -0.25) is 0 Å². The van der Waals surface area contributed by atoms with Gasteiger partial charge in [-0.1, -0.05) is 17.3 Å². The van der Waals surface area contributed by atoms with Gasteiger partial charge in [-0.25, -0.2) is 9.18 Å². The van der Waals surface area contributed by atoms with E-state index in [4.69, 9.17) is 0 Å². The van der Waals surface area contributed by atoms with Gasteiger partial charge in [0.1, 0.15) is 5.82 Å². The highest BCUT2D eigenvalue weighted by Crippen LogP contribution is 2.11. The summed E-state index contributed by atoms with van der Waals surface area (Å²) in [5, 5.41) is 17.7. The second-order valence-corrected chi connectivity index (χ2v) is 3.12. The van der Waals surface area contributed by atoms with E-state index >= 15 is 0 Å². The molecule has 0 atom stereocenters. The number of H-pyrrole nitrogens is 1. The molecule has 17 heavy (non-hydrogen) atoms. The number of benzene rings is 1. The molecule has 0 radical (unpaired) electrons. The number of halogens is 1. The van der Waals surface area contributed by atoms with Gasteiger partial charge in [0.25, 0.3) is 0 Å². The van der Waals surface area contributed by atoms with Crippen LogP contribution in [0.3, 0.4) is 0 Å². The van der Waals surface area contributed by atoms with Crippen molar-refractivity contribution in [3.63, 3.8) is 0 Å². The predicted molar refractivity (Wildman–Crippen MR) is 56.4 cm³/mol. The molecule has 0 spiro atoms. The number of aromatic amines is 1. The first-order valence-corrected chi connectivity index (χ1v) is 4.77. The molecule has 0 unspecified atom stereocenters. The second kappa shape index (κ2) is 5.01. The van der Waals surface area contributed by atoms with Crippen LogP contribution < -0.4 is 10.6 Å². The molecule has 88 valence electrons. The van der Waals surface area contributed by atoms with Crippen molar-refractivity contribution >= 4 is 11.7 Å². The number of hydrogen-bond donors (Lipinski definition) is 3. The molecule has 0 saturated carbocycles. The highest BCUT2D eigenvalue weighted by atomic mass is 19.1. The monoisotopic (exact) mass is 236 g/mol. The van der Waals surface area contributed by atoms with Crippen molar-refractivity contribution in [3.05, 3.63) is 35.9 Å². The maximum absolute atomic E-state index is 13.2. The Labute approximate surface area is 95.4 Å². The highest BCUT2D eigenvalue weighted by molar-refractivity contribution is 5.89. The normalized spacial score (nSPS) is 9.94. The SMILES string of the molecule is O=C(NCc1nn[nH]n1)Nc1ccccc1F. The third-order valence-electron chi connectivity index (χ3n) is 1.92. The fraction of sp³-hybridized carbons (Fsp3) is 0.111. The summed E-state index contributed by atoms with van der Waals surface area (Å²) in [5.41, 5.74) is 0.109. The first-order valence-electron chi connectivity index (χ1n) is 4.77. The molecule has 0 aliphatic heterocycles. The minimum Gasteiger partial charge on any atom is -0.330 e. The summed E-state index contributed by atoms with van der Waals surface area (Å²) in [7, 11) is 0. The molecule has 0 bridgehead atoms. The molecule has 1 heterocycles. The minimum atomic E-state index is -0.542. The molecule has 3 N–H and O–H groups in total. The Balaban J connectivity index is 1.87. The zero-order valence-electron chi connectivity index (χ0n) is 8.64. The molecule has 2 amide bonds. The van der Waals surface area contributed by atoms with Gasteiger partial charge in [0.2, 0.25) is 0 Å². The lowest BCUT2D eigenvalue weighted by molar-refractivity contribution is 0.251. The quantitative estimate of drug-likeness (QED) is 0.729. The van der Waals surface area contributed by atoms with Crippen molar-refractivity contribution in [2.45, 2.75) is 6.54 Å². The van der Waals surface area contributed by atoms with Gasteiger partial charge in [0.05, 0.1) is 12.2 Å². The van der Waals surface area contributed by atoms with E-state index in [1.165, 1.54) is 18.2 Å². The Kier molecular flexibility index (Phi) is 3.24. The Hall–Kier alpha value is -2.51. The maximum Gasteiger partial charge on any atom is 0.319 e. The molecule has 0 fully saturated rings. The summed E-state index contributed by atoms with van der Waals surface area (Å²) in [5.74, 6) is -0.157. The number of carbonyl (C=O) groups excluding carboxylic acids is 1. The predicted octanol–water partition coefficient (Wildman–Crippen LogP) is 0.660. The lowest BCUT2D eigenvalue weighted by Crippen LogP contribution is -2.29. The second-order valence-electron chi connectivity index (χ2n) is 3.12. The molecule has 0 aliphatic rings. The van der Waals surface area contributed by atoms with Crippen LogP contribution in [0.25, 0.3) is 0 Å². The molecule has 2 aromatic rings. The van der Waals surface area contributed by atoms with E-state index in [0.717, 1.165) is 0 Å². The molecule has 8 heteroatoms. The molecule has 0 aliphatic carbocycles. The van der Waals surface area contributed by atoms with Crippen molar-refractivity contribution in [1.29, 1.82) is 0 Å². The van der Waals surface area contributed by atoms with E-state index in [2.05, 4.69) is 31.3 Å². The number of anilines is 1. The number of nitrogens with one attached hydrogen (secondary N) is 3. The van der Waals surface area contributed by atoms with Crippen molar-refractivity contribution in [3.8, 4) is 0 Å². The summed E-state index contributed by atoms with van der Waals surface area (Å²) in [6.07, 6.45) is 0. The lowest BCUT2D eigenvalue weighted by Gasteiger charge is -2.06. The molecule has 7 nitrogen and oxygen atoms in total. The maximum atomic E-state index is 13.2. The Morgan fingerprint density at radius 1 is 1.41 bits per heavy atom. The third kappa shape index (κ3) is 2.97. The van der Waals surface area contributed by atoms with Crippen LogP contribution in [-0.4, -0.2) is 26.7 Å². The van der Waals surface area contributed by atoms with Crippen molar-refractivity contribution in [1.82, 2.24) is 25.9 Å². The number of rotatable bonds is 3. The number of amides is 2.